The second-order valence-corrected chi connectivity index (χ2v) is 7.24. The number of benzene rings is 2. The highest BCUT2D eigenvalue weighted by atomic mass is 32.2. The first-order valence-corrected chi connectivity index (χ1v) is 9.87. The van der Waals surface area contributed by atoms with Crippen molar-refractivity contribution in [1.82, 2.24) is 14.8 Å². The molecule has 0 aliphatic carbocycles. The lowest BCUT2D eigenvalue weighted by atomic mass is 10.1. The Bertz CT molecular complexity index is 1020. The summed E-state index contributed by atoms with van der Waals surface area (Å²) in [5.74, 6) is 0.0500. The van der Waals surface area contributed by atoms with E-state index in [1.54, 1.807) is 0 Å². The fourth-order valence-corrected chi connectivity index (χ4v) is 3.64. The fourth-order valence-electron chi connectivity index (χ4n) is 2.83. The van der Waals surface area contributed by atoms with Gasteiger partial charge >= 0.3 is 6.18 Å². The van der Waals surface area contributed by atoms with Crippen LogP contribution in [0.4, 0.5) is 18.9 Å². The van der Waals surface area contributed by atoms with Crippen LogP contribution in [0.15, 0.2) is 53.7 Å². The third-order valence-electron chi connectivity index (χ3n) is 4.15. The molecule has 0 saturated heterocycles. The van der Waals surface area contributed by atoms with Crippen molar-refractivity contribution in [1.29, 1.82) is 0 Å². The van der Waals surface area contributed by atoms with E-state index in [9.17, 15) is 18.0 Å². The summed E-state index contributed by atoms with van der Waals surface area (Å²) >= 11 is 1.13. The molecular formula is C20H19F3N4OS. The lowest BCUT2D eigenvalue weighted by molar-refractivity contribution is -0.137. The molecule has 0 radical (unpaired) electrons. The molecule has 0 aliphatic heterocycles. The fraction of sp³-hybridized carbons (Fsp3) is 0.250. The number of aromatic nitrogens is 3. The molecule has 1 aromatic heterocycles. The van der Waals surface area contributed by atoms with Crippen LogP contribution in [0.5, 0.6) is 0 Å². The lowest BCUT2D eigenvalue weighted by Crippen LogP contribution is -2.18. The lowest BCUT2D eigenvalue weighted by Gasteiger charge is -2.13. The molecule has 3 rings (SSSR count). The number of para-hydroxylation sites is 1. The van der Waals surface area contributed by atoms with Crippen LogP contribution in [-0.4, -0.2) is 26.4 Å². The van der Waals surface area contributed by atoms with Crippen molar-refractivity contribution in [2.45, 2.75) is 31.7 Å². The second kappa shape index (κ2) is 8.69. The number of nitrogens with one attached hydrogen (secondary N) is 1. The molecule has 9 heteroatoms. The van der Waals surface area contributed by atoms with Crippen molar-refractivity contribution in [3.63, 3.8) is 0 Å². The van der Waals surface area contributed by atoms with Crippen molar-refractivity contribution >= 4 is 23.4 Å². The summed E-state index contributed by atoms with van der Waals surface area (Å²) in [6.45, 7) is 4.51. The van der Waals surface area contributed by atoms with Gasteiger partial charge in [-0.2, -0.15) is 13.2 Å². The number of rotatable bonds is 6. The highest BCUT2D eigenvalue weighted by Crippen LogP contribution is 2.34. The topological polar surface area (TPSA) is 59.8 Å². The standard InChI is InChI=1S/C20H19F3N4OS/c1-3-27-18(14-8-6-7-13(2)11-14)25-26-19(27)29-12-17(28)24-16-10-5-4-9-15(16)20(21,22)23/h4-11H,3,12H2,1-2H3,(H,24,28). The Hall–Kier alpha value is -2.81. The number of carbonyl (C=O) groups excluding carboxylic acids is 1. The van der Waals surface area contributed by atoms with Gasteiger partial charge in [0.2, 0.25) is 5.91 Å². The summed E-state index contributed by atoms with van der Waals surface area (Å²) in [5, 5.41) is 11.2. The molecule has 0 atom stereocenters. The number of hydrogen-bond donors (Lipinski definition) is 1. The van der Waals surface area contributed by atoms with Crippen molar-refractivity contribution < 1.29 is 18.0 Å². The molecule has 0 aliphatic rings. The minimum Gasteiger partial charge on any atom is -0.325 e. The predicted molar refractivity (Wildman–Crippen MR) is 107 cm³/mol. The van der Waals surface area contributed by atoms with E-state index in [0.29, 0.717) is 17.5 Å². The molecule has 0 spiro atoms. The Morgan fingerprint density at radius 2 is 1.90 bits per heavy atom. The molecular weight excluding hydrogens is 401 g/mol. The highest BCUT2D eigenvalue weighted by molar-refractivity contribution is 7.99. The van der Waals surface area contributed by atoms with Gasteiger partial charge < -0.3 is 9.88 Å². The van der Waals surface area contributed by atoms with Crippen molar-refractivity contribution in [2.75, 3.05) is 11.1 Å². The van der Waals surface area contributed by atoms with Crippen LogP contribution >= 0.6 is 11.8 Å². The van der Waals surface area contributed by atoms with E-state index in [0.717, 1.165) is 29.0 Å². The number of aryl methyl sites for hydroxylation is 1. The van der Waals surface area contributed by atoms with E-state index in [4.69, 9.17) is 0 Å². The zero-order chi connectivity index (χ0) is 21.0. The SMILES string of the molecule is CCn1c(SCC(=O)Nc2ccccc2C(F)(F)F)nnc1-c1cccc(C)c1. The van der Waals surface area contributed by atoms with Crippen LogP contribution in [0.3, 0.4) is 0 Å². The molecule has 3 aromatic rings. The number of halogens is 3. The molecule has 0 bridgehead atoms. The smallest absolute Gasteiger partial charge is 0.325 e. The molecule has 1 N–H and O–H groups in total. The van der Waals surface area contributed by atoms with Crippen molar-refractivity contribution in [2.24, 2.45) is 0 Å². The van der Waals surface area contributed by atoms with Crippen molar-refractivity contribution in [3.05, 3.63) is 59.7 Å². The zero-order valence-corrected chi connectivity index (χ0v) is 16.6. The molecule has 5 nitrogen and oxygen atoms in total. The van der Waals surface area contributed by atoms with Gasteiger partial charge in [-0.05, 0) is 32.0 Å². The summed E-state index contributed by atoms with van der Waals surface area (Å²) in [4.78, 5) is 12.2. The number of carbonyl (C=O) groups is 1. The van der Waals surface area contributed by atoms with E-state index < -0.39 is 17.6 Å². The summed E-state index contributed by atoms with van der Waals surface area (Å²) in [5.41, 5.74) is 0.861. The van der Waals surface area contributed by atoms with E-state index in [2.05, 4.69) is 15.5 Å². The number of alkyl halides is 3. The zero-order valence-electron chi connectivity index (χ0n) is 15.8. The van der Waals surface area contributed by atoms with Gasteiger partial charge in [-0.1, -0.05) is 47.7 Å². The number of anilines is 1. The minimum atomic E-state index is -4.54. The van der Waals surface area contributed by atoms with Crippen LogP contribution in [0.25, 0.3) is 11.4 Å². The molecule has 0 unspecified atom stereocenters. The Labute approximate surface area is 170 Å². The first-order valence-electron chi connectivity index (χ1n) is 8.88. The van der Waals surface area contributed by atoms with Gasteiger partial charge in [-0.15, -0.1) is 10.2 Å². The number of thioether (sulfide) groups is 1. The molecule has 1 heterocycles. The predicted octanol–water partition coefficient (Wildman–Crippen LogP) is 5.02. The number of amides is 1. The highest BCUT2D eigenvalue weighted by Gasteiger charge is 2.33. The first kappa shape index (κ1) is 20.9. The largest absolute Gasteiger partial charge is 0.418 e. The summed E-state index contributed by atoms with van der Waals surface area (Å²) in [7, 11) is 0. The normalized spacial score (nSPS) is 11.5. The Balaban J connectivity index is 1.72. The molecule has 2 aromatic carbocycles. The molecule has 152 valence electrons. The summed E-state index contributed by atoms with van der Waals surface area (Å²) in [6.07, 6.45) is -4.54. The van der Waals surface area contributed by atoms with E-state index in [1.165, 1.54) is 18.2 Å². The second-order valence-electron chi connectivity index (χ2n) is 6.30. The Kier molecular flexibility index (Phi) is 6.26. The van der Waals surface area contributed by atoms with Gasteiger partial charge in [-0.3, -0.25) is 4.79 Å². The maximum Gasteiger partial charge on any atom is 0.418 e. The van der Waals surface area contributed by atoms with E-state index in [1.807, 2.05) is 42.7 Å². The molecule has 1 amide bonds. The van der Waals surface area contributed by atoms with Gasteiger partial charge in [0.15, 0.2) is 11.0 Å². The van der Waals surface area contributed by atoms with Gasteiger partial charge in [0.25, 0.3) is 0 Å². The average molecular weight is 420 g/mol. The van der Waals surface area contributed by atoms with Crippen LogP contribution in [0, 0.1) is 6.92 Å². The Morgan fingerprint density at radius 3 is 2.59 bits per heavy atom. The van der Waals surface area contributed by atoms with Crippen LogP contribution < -0.4 is 5.32 Å². The average Bonchev–Trinajstić information content (AvgIpc) is 3.09. The maximum atomic E-state index is 13.1. The van der Waals surface area contributed by atoms with E-state index in [-0.39, 0.29) is 11.4 Å². The first-order chi connectivity index (χ1) is 13.8. The quantitative estimate of drug-likeness (QED) is 0.569. The van der Waals surface area contributed by atoms with Gasteiger partial charge in [-0.25, -0.2) is 0 Å². The molecule has 29 heavy (non-hydrogen) atoms. The van der Waals surface area contributed by atoms with Gasteiger partial charge in [0, 0.05) is 12.1 Å². The number of nitrogens with zero attached hydrogens (tertiary/aromatic N) is 3. The minimum absolute atomic E-state index is 0.0852. The van der Waals surface area contributed by atoms with Gasteiger partial charge in [0.05, 0.1) is 17.0 Å². The summed E-state index contributed by atoms with van der Waals surface area (Å²) < 4.78 is 41.1. The maximum absolute atomic E-state index is 13.1. The third-order valence-corrected chi connectivity index (χ3v) is 5.12. The molecule has 0 fully saturated rings. The summed E-state index contributed by atoms with van der Waals surface area (Å²) in [6, 6.07) is 12.7. The van der Waals surface area contributed by atoms with Crippen molar-refractivity contribution in [3.8, 4) is 11.4 Å². The van der Waals surface area contributed by atoms with Crippen LogP contribution in [-0.2, 0) is 17.5 Å². The third kappa shape index (κ3) is 4.97. The van der Waals surface area contributed by atoms with Crippen LogP contribution in [0.2, 0.25) is 0 Å². The monoisotopic (exact) mass is 420 g/mol. The Morgan fingerprint density at radius 1 is 1.14 bits per heavy atom. The van der Waals surface area contributed by atoms with Crippen LogP contribution in [0.1, 0.15) is 18.1 Å². The molecule has 0 saturated carbocycles. The number of hydrogen-bond acceptors (Lipinski definition) is 4. The van der Waals surface area contributed by atoms with E-state index >= 15 is 0 Å². The van der Waals surface area contributed by atoms with Gasteiger partial charge in [0.1, 0.15) is 0 Å².